The van der Waals surface area contributed by atoms with Crippen molar-refractivity contribution in [2.75, 3.05) is 6.61 Å². The standard InChI is InChI=1S/C15H22N2O3S/c1-2-14(18)20-12-8-6-4-3-5-7-10-17-11-9-13(21)16-15(17)19/h2,9,11H,1,3-8,10,12H2,(H,16,19,21). The molecule has 6 heteroatoms. The van der Waals surface area contributed by atoms with E-state index in [1.807, 2.05) is 0 Å². The Balaban J connectivity index is 2.02. The number of H-pyrrole nitrogens is 1. The number of carbonyl (C=O) groups is 1. The minimum Gasteiger partial charge on any atom is -0.463 e. The van der Waals surface area contributed by atoms with Crippen LogP contribution in [0, 0.1) is 4.64 Å². The molecule has 116 valence electrons. The second-order valence-electron chi connectivity index (χ2n) is 4.80. The molecule has 0 saturated carbocycles. The first-order valence-electron chi connectivity index (χ1n) is 7.22. The van der Waals surface area contributed by atoms with Crippen LogP contribution in [0.15, 0.2) is 29.7 Å². The topological polar surface area (TPSA) is 64.1 Å². The maximum absolute atomic E-state index is 11.6. The van der Waals surface area contributed by atoms with Crippen molar-refractivity contribution in [3.63, 3.8) is 0 Å². The van der Waals surface area contributed by atoms with Crippen molar-refractivity contribution >= 4 is 18.2 Å². The highest BCUT2D eigenvalue weighted by Crippen LogP contribution is 2.06. The van der Waals surface area contributed by atoms with Gasteiger partial charge in [0.05, 0.1) is 6.61 Å². The van der Waals surface area contributed by atoms with Gasteiger partial charge in [0.25, 0.3) is 0 Å². The average Bonchev–Trinajstić information content (AvgIpc) is 2.47. The van der Waals surface area contributed by atoms with Gasteiger partial charge in [0.15, 0.2) is 0 Å². The summed E-state index contributed by atoms with van der Waals surface area (Å²) < 4.78 is 7.00. The zero-order chi connectivity index (χ0) is 15.5. The molecule has 0 aliphatic rings. The summed E-state index contributed by atoms with van der Waals surface area (Å²) in [5, 5.41) is 0. The first-order chi connectivity index (χ1) is 10.1. The lowest BCUT2D eigenvalue weighted by Crippen LogP contribution is -2.22. The molecule has 0 radical (unpaired) electrons. The van der Waals surface area contributed by atoms with Crippen molar-refractivity contribution in [1.82, 2.24) is 9.55 Å². The molecule has 0 amide bonds. The van der Waals surface area contributed by atoms with Crippen LogP contribution in [0.25, 0.3) is 0 Å². The molecule has 0 aliphatic heterocycles. The molecule has 0 saturated heterocycles. The number of unbranched alkanes of at least 4 members (excludes halogenated alkanes) is 5. The number of rotatable bonds is 10. The third kappa shape index (κ3) is 7.60. The van der Waals surface area contributed by atoms with Gasteiger partial charge >= 0.3 is 11.7 Å². The van der Waals surface area contributed by atoms with E-state index in [1.165, 1.54) is 6.08 Å². The van der Waals surface area contributed by atoms with Crippen molar-refractivity contribution in [2.45, 2.75) is 45.1 Å². The Hall–Kier alpha value is -1.69. The fourth-order valence-corrected chi connectivity index (χ4v) is 2.09. The maximum atomic E-state index is 11.6. The summed E-state index contributed by atoms with van der Waals surface area (Å²) in [5.41, 5.74) is -0.147. The van der Waals surface area contributed by atoms with Gasteiger partial charge in [-0.25, -0.2) is 9.59 Å². The van der Waals surface area contributed by atoms with Crippen LogP contribution in [0.2, 0.25) is 0 Å². The number of carbonyl (C=O) groups excluding carboxylic acids is 1. The molecular formula is C15H22N2O3S. The average molecular weight is 310 g/mol. The van der Waals surface area contributed by atoms with E-state index >= 15 is 0 Å². The normalized spacial score (nSPS) is 10.3. The Morgan fingerprint density at radius 2 is 1.95 bits per heavy atom. The van der Waals surface area contributed by atoms with Crippen molar-refractivity contribution in [3.8, 4) is 0 Å². The molecule has 0 spiro atoms. The van der Waals surface area contributed by atoms with Crippen LogP contribution in [0.4, 0.5) is 0 Å². The van der Waals surface area contributed by atoms with Crippen molar-refractivity contribution in [3.05, 3.63) is 40.0 Å². The molecule has 0 bridgehead atoms. The maximum Gasteiger partial charge on any atom is 0.330 e. The van der Waals surface area contributed by atoms with Gasteiger partial charge in [-0.15, -0.1) is 0 Å². The molecule has 0 atom stereocenters. The Bertz CT molecular complexity index is 563. The summed E-state index contributed by atoms with van der Waals surface area (Å²) in [5.74, 6) is -0.359. The first-order valence-corrected chi connectivity index (χ1v) is 7.63. The summed E-state index contributed by atoms with van der Waals surface area (Å²) in [7, 11) is 0. The lowest BCUT2D eigenvalue weighted by atomic mass is 10.1. The first kappa shape index (κ1) is 17.4. The molecule has 0 aliphatic carbocycles. The number of aromatic amines is 1. The van der Waals surface area contributed by atoms with Crippen molar-refractivity contribution in [2.24, 2.45) is 0 Å². The van der Waals surface area contributed by atoms with Crippen LogP contribution >= 0.6 is 12.2 Å². The highest BCUT2D eigenvalue weighted by Gasteiger charge is 1.97. The van der Waals surface area contributed by atoms with E-state index in [1.54, 1.807) is 16.8 Å². The quantitative estimate of drug-likeness (QED) is 0.312. The van der Waals surface area contributed by atoms with Crippen LogP contribution in [0.5, 0.6) is 0 Å². The van der Waals surface area contributed by atoms with Crippen LogP contribution in [0.3, 0.4) is 0 Å². The van der Waals surface area contributed by atoms with E-state index in [-0.39, 0.29) is 11.7 Å². The third-order valence-corrected chi connectivity index (χ3v) is 3.34. The van der Waals surface area contributed by atoms with Crippen molar-refractivity contribution in [1.29, 1.82) is 0 Å². The Labute approximate surface area is 129 Å². The van der Waals surface area contributed by atoms with Crippen LogP contribution in [-0.4, -0.2) is 22.1 Å². The highest BCUT2D eigenvalue weighted by molar-refractivity contribution is 7.71. The molecular weight excluding hydrogens is 288 g/mol. The smallest absolute Gasteiger partial charge is 0.330 e. The molecule has 1 N–H and O–H groups in total. The fourth-order valence-electron chi connectivity index (χ4n) is 1.94. The van der Waals surface area contributed by atoms with Gasteiger partial charge in [0.1, 0.15) is 4.64 Å². The number of nitrogens with zero attached hydrogens (tertiary/aromatic N) is 1. The summed E-state index contributed by atoms with van der Waals surface area (Å²) in [6, 6.07) is 1.72. The zero-order valence-corrected chi connectivity index (χ0v) is 13.0. The second kappa shape index (κ2) is 10.1. The van der Waals surface area contributed by atoms with Gasteiger partial charge in [0, 0.05) is 18.8 Å². The SMILES string of the molecule is C=CC(=O)OCCCCCCCCn1ccc(=S)[nH]c1=O. The van der Waals surface area contributed by atoms with E-state index in [4.69, 9.17) is 17.0 Å². The van der Waals surface area contributed by atoms with Crippen LogP contribution in [-0.2, 0) is 16.1 Å². The predicted octanol–water partition coefficient (Wildman–Crippen LogP) is 2.98. The number of hydrogen-bond donors (Lipinski definition) is 1. The summed E-state index contributed by atoms with van der Waals surface area (Å²) in [6.45, 7) is 4.51. The number of esters is 1. The molecule has 5 nitrogen and oxygen atoms in total. The molecule has 1 rings (SSSR count). The number of nitrogens with one attached hydrogen (secondary N) is 1. The minimum absolute atomic E-state index is 0.147. The van der Waals surface area contributed by atoms with E-state index in [9.17, 15) is 9.59 Å². The monoisotopic (exact) mass is 310 g/mol. The van der Waals surface area contributed by atoms with Crippen molar-refractivity contribution < 1.29 is 9.53 Å². The number of aromatic nitrogens is 2. The van der Waals surface area contributed by atoms with Gasteiger partial charge < -0.3 is 9.30 Å². The Morgan fingerprint density at radius 3 is 2.62 bits per heavy atom. The van der Waals surface area contributed by atoms with Gasteiger partial charge in [0.2, 0.25) is 0 Å². The molecule has 0 aromatic carbocycles. The van der Waals surface area contributed by atoms with Crippen LogP contribution < -0.4 is 5.69 Å². The van der Waals surface area contributed by atoms with Gasteiger partial charge in [-0.3, -0.25) is 4.98 Å². The summed E-state index contributed by atoms with van der Waals surface area (Å²) in [4.78, 5) is 24.9. The van der Waals surface area contributed by atoms with E-state index in [0.717, 1.165) is 38.5 Å². The van der Waals surface area contributed by atoms with E-state index < -0.39 is 0 Å². The summed E-state index contributed by atoms with van der Waals surface area (Å²) in [6.07, 6.45) is 9.11. The van der Waals surface area contributed by atoms with E-state index in [2.05, 4.69) is 11.6 Å². The molecule has 0 fully saturated rings. The largest absolute Gasteiger partial charge is 0.463 e. The predicted molar refractivity (Wildman–Crippen MR) is 84.7 cm³/mol. The molecule has 0 unspecified atom stereocenters. The minimum atomic E-state index is -0.359. The summed E-state index contributed by atoms with van der Waals surface area (Å²) >= 11 is 4.88. The van der Waals surface area contributed by atoms with Gasteiger partial charge in [-0.1, -0.05) is 44.5 Å². The molecule has 1 aromatic rings. The zero-order valence-electron chi connectivity index (χ0n) is 12.2. The fraction of sp³-hybridized carbons (Fsp3) is 0.533. The highest BCUT2D eigenvalue weighted by atomic mass is 32.1. The number of aryl methyl sites for hydroxylation is 1. The second-order valence-corrected chi connectivity index (χ2v) is 5.24. The number of hydrogen-bond acceptors (Lipinski definition) is 4. The Morgan fingerprint density at radius 1 is 1.29 bits per heavy atom. The van der Waals surface area contributed by atoms with Crippen LogP contribution in [0.1, 0.15) is 38.5 Å². The third-order valence-electron chi connectivity index (χ3n) is 3.10. The lowest BCUT2D eigenvalue weighted by Gasteiger charge is -2.05. The Kier molecular flexibility index (Phi) is 8.35. The van der Waals surface area contributed by atoms with Gasteiger partial charge in [-0.05, 0) is 18.9 Å². The lowest BCUT2D eigenvalue weighted by molar-refractivity contribution is -0.137. The van der Waals surface area contributed by atoms with E-state index in [0.29, 0.717) is 17.8 Å². The number of ether oxygens (including phenoxy) is 1. The molecule has 21 heavy (non-hydrogen) atoms. The molecule has 1 aromatic heterocycles. The van der Waals surface area contributed by atoms with Gasteiger partial charge in [-0.2, -0.15) is 0 Å². The molecule has 1 heterocycles.